The van der Waals surface area contributed by atoms with Gasteiger partial charge in [-0.25, -0.2) is 4.79 Å². The van der Waals surface area contributed by atoms with Crippen molar-refractivity contribution in [1.29, 1.82) is 0 Å². The highest BCUT2D eigenvalue weighted by Gasteiger charge is 2.27. The topological polar surface area (TPSA) is 77.5 Å². The largest absolute Gasteiger partial charge is 0.452 e. The van der Waals surface area contributed by atoms with Crippen LogP contribution in [0, 0.1) is 0 Å². The van der Waals surface area contributed by atoms with Gasteiger partial charge in [0.15, 0.2) is 6.61 Å². The van der Waals surface area contributed by atoms with E-state index in [0.29, 0.717) is 16.8 Å². The highest BCUT2D eigenvalue weighted by Crippen LogP contribution is 2.21. The Kier molecular flexibility index (Phi) is 6.63. The third-order valence-electron chi connectivity index (χ3n) is 3.98. The number of carbonyl (C=O) groups excluding carboxylic acids is 2. The van der Waals surface area contributed by atoms with Gasteiger partial charge < -0.3 is 14.8 Å². The molecule has 0 aliphatic heterocycles. The number of benzene rings is 2. The summed E-state index contributed by atoms with van der Waals surface area (Å²) in [6, 6.07) is 14.5. The molecule has 1 heterocycles. The molecule has 0 unspecified atom stereocenters. The van der Waals surface area contributed by atoms with E-state index in [1.54, 1.807) is 24.4 Å². The summed E-state index contributed by atoms with van der Waals surface area (Å²) in [6.45, 7) is -2.08. The number of pyridine rings is 1. The van der Waals surface area contributed by atoms with Gasteiger partial charge in [0.25, 0.3) is 5.91 Å². The number of ether oxygens (including phenoxy) is 2. The zero-order valence-electron chi connectivity index (χ0n) is 15.6. The van der Waals surface area contributed by atoms with Gasteiger partial charge in [0.1, 0.15) is 6.61 Å². The maximum Gasteiger partial charge on any atom is 0.411 e. The fourth-order valence-electron chi connectivity index (χ4n) is 2.63. The second-order valence-corrected chi connectivity index (χ2v) is 6.30. The van der Waals surface area contributed by atoms with Gasteiger partial charge in [-0.15, -0.1) is 0 Å². The zero-order chi connectivity index (χ0) is 21.6. The number of amides is 1. The standard InChI is InChI=1S/C21H17F3N2O4/c22-21(23,24)13-29-11-14-6-8-15(9-7-14)20(28)30-12-19(27)26-18-5-1-4-17-16(18)3-2-10-25-17/h1-10H,11-13H2,(H,26,27). The highest BCUT2D eigenvalue weighted by atomic mass is 19.4. The van der Waals surface area contributed by atoms with Crippen LogP contribution >= 0.6 is 0 Å². The Morgan fingerprint density at radius 1 is 1.00 bits per heavy atom. The quantitative estimate of drug-likeness (QED) is 0.585. The highest BCUT2D eigenvalue weighted by molar-refractivity contribution is 6.02. The molecule has 156 valence electrons. The first-order valence-electron chi connectivity index (χ1n) is 8.86. The predicted molar refractivity (Wildman–Crippen MR) is 103 cm³/mol. The van der Waals surface area contributed by atoms with Crippen molar-refractivity contribution in [3.05, 3.63) is 71.9 Å². The molecule has 0 aliphatic carbocycles. The Labute approximate surface area is 169 Å². The van der Waals surface area contributed by atoms with Crippen LogP contribution in [-0.2, 0) is 20.9 Å². The van der Waals surface area contributed by atoms with Gasteiger partial charge in [0.05, 0.1) is 23.4 Å². The second kappa shape index (κ2) is 9.36. The van der Waals surface area contributed by atoms with Crippen LogP contribution in [0.4, 0.5) is 18.9 Å². The van der Waals surface area contributed by atoms with Gasteiger partial charge >= 0.3 is 12.1 Å². The Balaban J connectivity index is 1.50. The molecule has 0 radical (unpaired) electrons. The molecule has 0 saturated heterocycles. The van der Waals surface area contributed by atoms with E-state index < -0.39 is 31.3 Å². The summed E-state index contributed by atoms with van der Waals surface area (Å²) in [5, 5.41) is 3.42. The molecular weight excluding hydrogens is 401 g/mol. The number of hydrogen-bond acceptors (Lipinski definition) is 5. The van der Waals surface area contributed by atoms with Crippen LogP contribution in [0.25, 0.3) is 10.9 Å². The van der Waals surface area contributed by atoms with E-state index in [4.69, 9.17) is 4.74 Å². The molecule has 1 N–H and O–H groups in total. The molecule has 0 atom stereocenters. The van der Waals surface area contributed by atoms with E-state index >= 15 is 0 Å². The number of fused-ring (bicyclic) bond motifs is 1. The molecule has 0 bridgehead atoms. The molecule has 6 nitrogen and oxygen atoms in total. The van der Waals surface area contributed by atoms with Crippen molar-refractivity contribution in [3.8, 4) is 0 Å². The summed E-state index contributed by atoms with van der Waals surface area (Å²) in [4.78, 5) is 28.4. The van der Waals surface area contributed by atoms with Gasteiger partial charge in [-0.1, -0.05) is 18.2 Å². The van der Waals surface area contributed by atoms with Gasteiger partial charge in [-0.2, -0.15) is 13.2 Å². The SMILES string of the molecule is O=C(COC(=O)c1ccc(COCC(F)(F)F)cc1)Nc1cccc2ncccc12. The maximum atomic E-state index is 12.1. The molecule has 30 heavy (non-hydrogen) atoms. The van der Waals surface area contributed by atoms with E-state index in [9.17, 15) is 22.8 Å². The summed E-state index contributed by atoms with van der Waals surface area (Å²) in [6.07, 6.45) is -2.75. The van der Waals surface area contributed by atoms with E-state index in [1.807, 2.05) is 12.1 Å². The number of hydrogen-bond donors (Lipinski definition) is 1. The first kappa shape index (κ1) is 21.3. The number of nitrogens with zero attached hydrogens (tertiary/aromatic N) is 1. The van der Waals surface area contributed by atoms with Crippen LogP contribution < -0.4 is 5.32 Å². The average Bonchev–Trinajstić information content (AvgIpc) is 2.72. The molecule has 1 amide bonds. The number of esters is 1. The molecule has 9 heteroatoms. The first-order valence-corrected chi connectivity index (χ1v) is 8.86. The zero-order valence-corrected chi connectivity index (χ0v) is 15.6. The van der Waals surface area contributed by atoms with E-state index in [2.05, 4.69) is 15.0 Å². The third-order valence-corrected chi connectivity index (χ3v) is 3.98. The van der Waals surface area contributed by atoms with Crippen LogP contribution in [0.3, 0.4) is 0 Å². The fourth-order valence-corrected chi connectivity index (χ4v) is 2.63. The smallest absolute Gasteiger partial charge is 0.411 e. The Morgan fingerprint density at radius 2 is 1.77 bits per heavy atom. The molecule has 0 aliphatic rings. The molecule has 0 spiro atoms. The normalized spacial score (nSPS) is 11.3. The van der Waals surface area contributed by atoms with Gasteiger partial charge in [0, 0.05) is 11.6 Å². The molecule has 1 aromatic heterocycles. The lowest BCUT2D eigenvalue weighted by molar-refractivity contribution is -0.176. The van der Waals surface area contributed by atoms with Crippen LogP contribution in [0.2, 0.25) is 0 Å². The van der Waals surface area contributed by atoms with Gasteiger partial charge in [-0.05, 0) is 42.0 Å². The van der Waals surface area contributed by atoms with Gasteiger partial charge in [-0.3, -0.25) is 9.78 Å². The molecular formula is C21H17F3N2O4. The number of carbonyl (C=O) groups is 2. The monoisotopic (exact) mass is 418 g/mol. The van der Waals surface area contributed by atoms with Crippen molar-refractivity contribution in [3.63, 3.8) is 0 Å². The molecule has 2 aromatic carbocycles. The molecule has 3 aromatic rings. The number of alkyl halides is 3. The number of rotatable bonds is 7. The first-order chi connectivity index (χ1) is 14.3. The van der Waals surface area contributed by atoms with Crippen LogP contribution in [-0.4, -0.2) is 36.3 Å². The van der Waals surface area contributed by atoms with E-state index in [0.717, 1.165) is 5.39 Å². The lowest BCUT2D eigenvalue weighted by Gasteiger charge is -2.10. The maximum absolute atomic E-state index is 12.1. The summed E-state index contributed by atoms with van der Waals surface area (Å²) in [5.41, 5.74) is 1.89. The van der Waals surface area contributed by atoms with Crippen molar-refractivity contribution >= 4 is 28.5 Å². The van der Waals surface area contributed by atoms with Gasteiger partial charge in [0.2, 0.25) is 0 Å². The lowest BCUT2D eigenvalue weighted by atomic mass is 10.1. The fraction of sp³-hybridized carbons (Fsp3) is 0.190. The third kappa shape index (κ3) is 6.02. The summed E-state index contributed by atoms with van der Waals surface area (Å²) in [7, 11) is 0. The minimum Gasteiger partial charge on any atom is -0.452 e. The lowest BCUT2D eigenvalue weighted by Crippen LogP contribution is -2.21. The number of halogens is 3. The van der Waals surface area contributed by atoms with E-state index in [-0.39, 0.29) is 12.2 Å². The predicted octanol–water partition coefficient (Wildman–Crippen LogP) is 4.11. The van der Waals surface area contributed by atoms with Crippen LogP contribution in [0.1, 0.15) is 15.9 Å². The minimum absolute atomic E-state index is 0.164. The minimum atomic E-state index is -4.40. The van der Waals surface area contributed by atoms with E-state index in [1.165, 1.54) is 24.3 Å². The van der Waals surface area contributed by atoms with Crippen molar-refractivity contribution in [1.82, 2.24) is 4.98 Å². The summed E-state index contributed by atoms with van der Waals surface area (Å²) >= 11 is 0. The van der Waals surface area contributed by atoms with Crippen molar-refractivity contribution in [2.24, 2.45) is 0 Å². The summed E-state index contributed by atoms with van der Waals surface area (Å²) in [5.74, 6) is -1.25. The average molecular weight is 418 g/mol. The number of nitrogens with one attached hydrogen (secondary N) is 1. The van der Waals surface area contributed by atoms with Crippen molar-refractivity contribution in [2.45, 2.75) is 12.8 Å². The van der Waals surface area contributed by atoms with Crippen molar-refractivity contribution < 1.29 is 32.2 Å². The molecule has 0 saturated carbocycles. The Hall–Kier alpha value is -3.46. The second-order valence-electron chi connectivity index (χ2n) is 6.30. The van der Waals surface area contributed by atoms with Crippen LogP contribution in [0.15, 0.2) is 60.8 Å². The van der Waals surface area contributed by atoms with Crippen molar-refractivity contribution in [2.75, 3.05) is 18.5 Å². The summed E-state index contributed by atoms with van der Waals surface area (Å²) < 4.78 is 45.8. The Bertz CT molecular complexity index is 1030. The Morgan fingerprint density at radius 3 is 2.50 bits per heavy atom. The number of aromatic nitrogens is 1. The van der Waals surface area contributed by atoms with Crippen LogP contribution in [0.5, 0.6) is 0 Å². The number of anilines is 1. The molecule has 0 fully saturated rings. The molecule has 3 rings (SSSR count).